The summed E-state index contributed by atoms with van der Waals surface area (Å²) in [4.78, 5) is 0. The minimum Gasteiger partial charge on any atom is -0.356 e. The molecule has 1 N–H and O–H groups in total. The molecular formula is C14H18N2O. The van der Waals surface area contributed by atoms with Crippen LogP contribution in [-0.2, 0) is 6.42 Å². The quantitative estimate of drug-likeness (QED) is 0.862. The summed E-state index contributed by atoms with van der Waals surface area (Å²) < 4.78 is 5.31. The molecule has 1 unspecified atom stereocenters. The molecule has 1 saturated heterocycles. The van der Waals surface area contributed by atoms with Crippen LogP contribution < -0.4 is 5.32 Å². The summed E-state index contributed by atoms with van der Waals surface area (Å²) in [6, 6.07) is 6.28. The summed E-state index contributed by atoms with van der Waals surface area (Å²) in [6.07, 6.45) is 3.75. The first-order valence-corrected chi connectivity index (χ1v) is 6.39. The standard InChI is InChI=1S/C14H18N2O/c1-10-14-12(5-2-6-13(14)17-16-10)8-11-4-3-7-15-9-11/h2,5-6,11,15H,3-4,7-9H2,1H3. The fourth-order valence-corrected chi connectivity index (χ4v) is 2.81. The van der Waals surface area contributed by atoms with Crippen molar-refractivity contribution < 1.29 is 4.52 Å². The Balaban J connectivity index is 1.91. The lowest BCUT2D eigenvalue weighted by atomic mass is 9.91. The monoisotopic (exact) mass is 230 g/mol. The second-order valence-electron chi connectivity index (χ2n) is 4.97. The van der Waals surface area contributed by atoms with E-state index >= 15 is 0 Å². The summed E-state index contributed by atoms with van der Waals surface area (Å²) in [5, 5.41) is 8.75. The zero-order valence-corrected chi connectivity index (χ0v) is 10.2. The van der Waals surface area contributed by atoms with Gasteiger partial charge in [-0.1, -0.05) is 17.3 Å². The van der Waals surface area contributed by atoms with Crippen LogP contribution in [0.15, 0.2) is 22.7 Å². The molecule has 0 bridgehead atoms. The van der Waals surface area contributed by atoms with Crippen LogP contribution >= 0.6 is 0 Å². The van der Waals surface area contributed by atoms with Crippen molar-refractivity contribution in [2.75, 3.05) is 13.1 Å². The van der Waals surface area contributed by atoms with Gasteiger partial charge in [0, 0.05) is 5.39 Å². The van der Waals surface area contributed by atoms with Crippen LogP contribution in [0.5, 0.6) is 0 Å². The molecule has 1 aliphatic rings. The molecule has 0 amide bonds. The smallest absolute Gasteiger partial charge is 0.167 e. The Morgan fingerprint density at radius 3 is 3.24 bits per heavy atom. The van der Waals surface area contributed by atoms with E-state index in [2.05, 4.69) is 22.6 Å². The number of fused-ring (bicyclic) bond motifs is 1. The van der Waals surface area contributed by atoms with Crippen LogP contribution in [-0.4, -0.2) is 18.2 Å². The molecule has 1 aromatic carbocycles. The highest BCUT2D eigenvalue weighted by atomic mass is 16.5. The van der Waals surface area contributed by atoms with Gasteiger partial charge in [0.25, 0.3) is 0 Å². The second-order valence-corrected chi connectivity index (χ2v) is 4.97. The van der Waals surface area contributed by atoms with E-state index in [9.17, 15) is 0 Å². The van der Waals surface area contributed by atoms with Crippen molar-refractivity contribution in [2.24, 2.45) is 5.92 Å². The Labute approximate surface area is 101 Å². The Morgan fingerprint density at radius 1 is 1.47 bits per heavy atom. The first kappa shape index (κ1) is 10.8. The number of rotatable bonds is 2. The largest absolute Gasteiger partial charge is 0.356 e. The number of piperidine rings is 1. The van der Waals surface area contributed by atoms with Crippen LogP contribution in [0.3, 0.4) is 0 Å². The lowest BCUT2D eigenvalue weighted by Crippen LogP contribution is -2.30. The van der Waals surface area contributed by atoms with Gasteiger partial charge in [0.05, 0.1) is 5.69 Å². The third kappa shape index (κ3) is 2.07. The maximum Gasteiger partial charge on any atom is 0.167 e. The Kier molecular flexibility index (Phi) is 2.85. The van der Waals surface area contributed by atoms with Gasteiger partial charge < -0.3 is 9.84 Å². The first-order chi connectivity index (χ1) is 8.34. The van der Waals surface area contributed by atoms with Crippen molar-refractivity contribution >= 4 is 11.0 Å². The van der Waals surface area contributed by atoms with Crippen LogP contribution in [0.1, 0.15) is 24.1 Å². The number of hydrogen-bond acceptors (Lipinski definition) is 3. The summed E-state index contributed by atoms with van der Waals surface area (Å²) in [6.45, 7) is 4.34. The normalized spacial score (nSPS) is 20.9. The van der Waals surface area contributed by atoms with Gasteiger partial charge in [-0.05, 0) is 56.8 Å². The summed E-state index contributed by atoms with van der Waals surface area (Å²) in [5.41, 5.74) is 3.32. The third-order valence-electron chi connectivity index (χ3n) is 3.66. The van der Waals surface area contributed by atoms with Crippen molar-refractivity contribution in [1.29, 1.82) is 0 Å². The summed E-state index contributed by atoms with van der Waals surface area (Å²) in [7, 11) is 0. The van der Waals surface area contributed by atoms with Crippen molar-refractivity contribution in [2.45, 2.75) is 26.2 Å². The molecule has 1 atom stereocenters. The molecule has 0 aliphatic carbocycles. The fourth-order valence-electron chi connectivity index (χ4n) is 2.81. The van der Waals surface area contributed by atoms with Crippen LogP contribution in [0, 0.1) is 12.8 Å². The molecule has 0 saturated carbocycles. The van der Waals surface area contributed by atoms with E-state index in [1.165, 1.54) is 30.3 Å². The summed E-state index contributed by atoms with van der Waals surface area (Å²) >= 11 is 0. The molecule has 0 radical (unpaired) electrons. The van der Waals surface area contributed by atoms with E-state index in [4.69, 9.17) is 4.52 Å². The van der Waals surface area contributed by atoms with E-state index < -0.39 is 0 Å². The van der Waals surface area contributed by atoms with E-state index in [0.29, 0.717) is 0 Å². The molecule has 2 heterocycles. The lowest BCUT2D eigenvalue weighted by Gasteiger charge is -2.22. The number of nitrogens with zero attached hydrogens (tertiary/aromatic N) is 1. The molecule has 1 aromatic heterocycles. The van der Waals surface area contributed by atoms with Gasteiger partial charge in [0.1, 0.15) is 0 Å². The SMILES string of the molecule is Cc1noc2cccc(CC3CCCNC3)c12. The fraction of sp³-hybridized carbons (Fsp3) is 0.500. The summed E-state index contributed by atoms with van der Waals surface area (Å²) in [5.74, 6) is 0.753. The number of hydrogen-bond donors (Lipinski definition) is 1. The third-order valence-corrected chi connectivity index (χ3v) is 3.66. The highest BCUT2D eigenvalue weighted by Gasteiger charge is 2.16. The van der Waals surface area contributed by atoms with Gasteiger partial charge in [0.15, 0.2) is 5.58 Å². The topological polar surface area (TPSA) is 38.1 Å². The van der Waals surface area contributed by atoms with Crippen molar-refractivity contribution in [1.82, 2.24) is 10.5 Å². The predicted molar refractivity (Wildman–Crippen MR) is 68.0 cm³/mol. The first-order valence-electron chi connectivity index (χ1n) is 6.39. The maximum atomic E-state index is 5.31. The molecule has 1 aliphatic heterocycles. The van der Waals surface area contributed by atoms with E-state index in [1.54, 1.807) is 0 Å². The van der Waals surface area contributed by atoms with Gasteiger partial charge in [-0.3, -0.25) is 0 Å². The average molecular weight is 230 g/mol. The van der Waals surface area contributed by atoms with Crippen molar-refractivity contribution in [3.63, 3.8) is 0 Å². The van der Waals surface area contributed by atoms with Gasteiger partial charge in [-0.15, -0.1) is 0 Å². The molecule has 2 aromatic rings. The highest BCUT2D eigenvalue weighted by molar-refractivity contribution is 5.82. The highest BCUT2D eigenvalue weighted by Crippen LogP contribution is 2.26. The number of aryl methyl sites for hydroxylation is 1. The zero-order valence-electron chi connectivity index (χ0n) is 10.2. The van der Waals surface area contributed by atoms with Gasteiger partial charge >= 0.3 is 0 Å². The molecule has 0 spiro atoms. The van der Waals surface area contributed by atoms with Crippen LogP contribution in [0.4, 0.5) is 0 Å². The van der Waals surface area contributed by atoms with Crippen LogP contribution in [0.25, 0.3) is 11.0 Å². The predicted octanol–water partition coefficient (Wildman–Crippen LogP) is 2.68. The number of nitrogens with one attached hydrogen (secondary N) is 1. The molecule has 1 fully saturated rings. The van der Waals surface area contributed by atoms with Crippen molar-refractivity contribution in [3.05, 3.63) is 29.5 Å². The number of aromatic nitrogens is 1. The second kappa shape index (κ2) is 4.49. The average Bonchev–Trinajstić information content (AvgIpc) is 2.74. The Morgan fingerprint density at radius 2 is 2.41 bits per heavy atom. The number of benzene rings is 1. The van der Waals surface area contributed by atoms with E-state index in [1.807, 2.05) is 13.0 Å². The zero-order chi connectivity index (χ0) is 11.7. The molecule has 90 valence electrons. The minimum atomic E-state index is 0.753. The molecule has 3 heteroatoms. The molecule has 17 heavy (non-hydrogen) atoms. The maximum absolute atomic E-state index is 5.31. The van der Waals surface area contributed by atoms with Gasteiger partial charge in [0.2, 0.25) is 0 Å². The van der Waals surface area contributed by atoms with Gasteiger partial charge in [-0.2, -0.15) is 0 Å². The lowest BCUT2D eigenvalue weighted by molar-refractivity contribution is 0.377. The minimum absolute atomic E-state index is 0.753. The van der Waals surface area contributed by atoms with E-state index in [0.717, 1.165) is 30.2 Å². The van der Waals surface area contributed by atoms with E-state index in [-0.39, 0.29) is 0 Å². The van der Waals surface area contributed by atoms with Crippen LogP contribution in [0.2, 0.25) is 0 Å². The van der Waals surface area contributed by atoms with Gasteiger partial charge in [-0.25, -0.2) is 0 Å². The van der Waals surface area contributed by atoms with Crippen molar-refractivity contribution in [3.8, 4) is 0 Å². The molecule has 3 rings (SSSR count). The Bertz CT molecular complexity index is 512. The Hall–Kier alpha value is -1.35. The molecular weight excluding hydrogens is 212 g/mol. The molecule has 3 nitrogen and oxygen atoms in total.